The number of amides is 1. The van der Waals surface area contributed by atoms with Crippen LogP contribution in [-0.4, -0.2) is 33.1 Å². The van der Waals surface area contributed by atoms with Crippen molar-refractivity contribution in [2.45, 2.75) is 64.0 Å². The molecule has 3 heterocycles. The Hall–Kier alpha value is -1.69. The normalized spacial score (nSPS) is 26.5. The monoisotopic (exact) mass is 345 g/mol. The summed E-state index contributed by atoms with van der Waals surface area (Å²) in [7, 11) is 0. The molecule has 0 unspecified atom stereocenters. The van der Waals surface area contributed by atoms with E-state index in [1.807, 2.05) is 16.8 Å². The highest BCUT2D eigenvalue weighted by atomic mass is 32.1. The maximum absolute atomic E-state index is 12.8. The third-order valence-corrected chi connectivity index (χ3v) is 6.10. The van der Waals surface area contributed by atoms with Crippen LogP contribution in [0.15, 0.2) is 21.2 Å². The molecule has 0 bridgehead atoms. The molecular formula is C18H23N3O2S. The first-order valence-electron chi connectivity index (χ1n) is 8.88. The van der Waals surface area contributed by atoms with E-state index in [4.69, 9.17) is 4.42 Å². The molecule has 5 nitrogen and oxygen atoms in total. The van der Waals surface area contributed by atoms with Crippen molar-refractivity contribution < 1.29 is 9.21 Å². The van der Waals surface area contributed by atoms with Gasteiger partial charge in [0.2, 0.25) is 17.7 Å². The van der Waals surface area contributed by atoms with Crippen LogP contribution >= 0.6 is 11.3 Å². The number of likely N-dealkylation sites (tertiary alicyclic amines) is 1. The second kappa shape index (κ2) is 6.67. The molecular weight excluding hydrogens is 322 g/mol. The summed E-state index contributed by atoms with van der Waals surface area (Å²) in [4.78, 5) is 14.9. The van der Waals surface area contributed by atoms with E-state index in [2.05, 4.69) is 22.0 Å². The van der Waals surface area contributed by atoms with Crippen molar-refractivity contribution in [1.29, 1.82) is 0 Å². The lowest BCUT2D eigenvalue weighted by molar-refractivity contribution is -0.134. The molecule has 1 aliphatic heterocycles. The third-order valence-electron chi connectivity index (χ3n) is 5.42. The molecule has 24 heavy (non-hydrogen) atoms. The number of thiophene rings is 1. The maximum atomic E-state index is 12.8. The molecule has 1 amide bonds. The molecule has 0 spiro atoms. The van der Waals surface area contributed by atoms with Crippen LogP contribution in [0, 0.1) is 5.92 Å². The summed E-state index contributed by atoms with van der Waals surface area (Å²) in [6.45, 7) is 2.19. The lowest BCUT2D eigenvalue weighted by Crippen LogP contribution is -2.42. The van der Waals surface area contributed by atoms with Gasteiger partial charge in [0.25, 0.3) is 0 Å². The van der Waals surface area contributed by atoms with Gasteiger partial charge >= 0.3 is 0 Å². The summed E-state index contributed by atoms with van der Waals surface area (Å²) < 4.78 is 5.69. The minimum atomic E-state index is 0.243. The molecule has 2 aromatic rings. The fraction of sp³-hybridized carbons (Fsp3) is 0.611. The molecule has 2 aromatic heterocycles. The predicted octanol–water partition coefficient (Wildman–Crippen LogP) is 3.91. The zero-order valence-corrected chi connectivity index (χ0v) is 14.8. The van der Waals surface area contributed by atoms with Gasteiger partial charge in [-0.2, -0.15) is 11.3 Å². The van der Waals surface area contributed by atoms with Crippen molar-refractivity contribution >= 4 is 17.2 Å². The van der Waals surface area contributed by atoms with Gasteiger partial charge < -0.3 is 9.32 Å². The Morgan fingerprint density at radius 3 is 3.08 bits per heavy atom. The first kappa shape index (κ1) is 15.8. The van der Waals surface area contributed by atoms with Gasteiger partial charge in [-0.05, 0) is 43.6 Å². The van der Waals surface area contributed by atoms with E-state index < -0.39 is 0 Å². The number of aromatic nitrogens is 2. The van der Waals surface area contributed by atoms with Crippen LogP contribution in [0.5, 0.6) is 0 Å². The van der Waals surface area contributed by atoms with Gasteiger partial charge in [0.15, 0.2) is 0 Å². The van der Waals surface area contributed by atoms with Gasteiger partial charge in [-0.1, -0.05) is 12.8 Å². The summed E-state index contributed by atoms with van der Waals surface area (Å²) in [5, 5.41) is 12.1. The first-order valence-corrected chi connectivity index (χ1v) is 9.83. The van der Waals surface area contributed by atoms with Gasteiger partial charge in [-0.3, -0.25) is 4.79 Å². The number of rotatable bonds is 4. The Morgan fingerprint density at radius 2 is 2.25 bits per heavy atom. The molecule has 0 radical (unpaired) electrons. The quantitative estimate of drug-likeness (QED) is 0.843. The van der Waals surface area contributed by atoms with Gasteiger partial charge in [-0.15, -0.1) is 10.2 Å². The molecule has 1 aliphatic carbocycles. The van der Waals surface area contributed by atoms with Gasteiger partial charge in [0, 0.05) is 35.9 Å². The second-order valence-electron chi connectivity index (χ2n) is 7.01. The fourth-order valence-electron chi connectivity index (χ4n) is 4.34. The molecule has 0 N–H and O–H groups in total. The number of aryl methyl sites for hydroxylation is 1. The molecule has 0 aromatic carbocycles. The van der Waals surface area contributed by atoms with E-state index in [1.165, 1.54) is 32.1 Å². The zero-order chi connectivity index (χ0) is 16.5. The highest BCUT2D eigenvalue weighted by molar-refractivity contribution is 7.08. The summed E-state index contributed by atoms with van der Waals surface area (Å²) in [5.74, 6) is 2.05. The second-order valence-corrected chi connectivity index (χ2v) is 7.79. The largest absolute Gasteiger partial charge is 0.421 e. The maximum Gasteiger partial charge on any atom is 0.248 e. The number of hydrogen-bond acceptors (Lipinski definition) is 5. The molecule has 2 aliphatic rings. The van der Waals surface area contributed by atoms with Gasteiger partial charge in [0.1, 0.15) is 0 Å². The summed E-state index contributed by atoms with van der Waals surface area (Å²) >= 11 is 1.60. The van der Waals surface area contributed by atoms with Crippen molar-refractivity contribution in [1.82, 2.24) is 15.1 Å². The number of carbonyl (C=O) groups is 1. The van der Waals surface area contributed by atoms with Gasteiger partial charge in [0.05, 0.1) is 0 Å². The van der Waals surface area contributed by atoms with Crippen LogP contribution < -0.4 is 0 Å². The highest BCUT2D eigenvalue weighted by Crippen LogP contribution is 2.39. The smallest absolute Gasteiger partial charge is 0.248 e. The molecule has 1 saturated carbocycles. The van der Waals surface area contributed by atoms with Crippen molar-refractivity contribution in [3.8, 4) is 11.5 Å². The van der Waals surface area contributed by atoms with E-state index >= 15 is 0 Å². The Morgan fingerprint density at radius 1 is 1.38 bits per heavy atom. The molecule has 4 rings (SSSR count). The topological polar surface area (TPSA) is 59.2 Å². The summed E-state index contributed by atoms with van der Waals surface area (Å²) in [5.41, 5.74) is 0.947. The van der Waals surface area contributed by atoms with Crippen LogP contribution in [0.4, 0.5) is 0 Å². The molecule has 2 fully saturated rings. The van der Waals surface area contributed by atoms with Crippen molar-refractivity contribution in [2.24, 2.45) is 5.92 Å². The highest BCUT2D eigenvalue weighted by Gasteiger charge is 2.42. The van der Waals surface area contributed by atoms with Crippen LogP contribution in [0.25, 0.3) is 11.5 Å². The van der Waals surface area contributed by atoms with Crippen LogP contribution in [-0.2, 0) is 11.2 Å². The average molecular weight is 345 g/mol. The Labute approximate surface area is 146 Å². The van der Waals surface area contributed by atoms with Crippen LogP contribution in [0.2, 0.25) is 0 Å². The molecule has 3 atom stereocenters. The lowest BCUT2D eigenvalue weighted by atomic mass is 9.85. The minimum absolute atomic E-state index is 0.243. The van der Waals surface area contributed by atoms with E-state index in [0.717, 1.165) is 5.56 Å². The van der Waals surface area contributed by atoms with E-state index in [-0.39, 0.29) is 5.91 Å². The summed E-state index contributed by atoms with van der Waals surface area (Å²) in [6.07, 6.45) is 7.18. The molecule has 128 valence electrons. The third kappa shape index (κ3) is 2.99. The van der Waals surface area contributed by atoms with E-state index in [9.17, 15) is 4.79 Å². The molecule has 1 saturated heterocycles. The fourth-order valence-corrected chi connectivity index (χ4v) is 4.97. The Balaban J connectivity index is 1.38. The SMILES string of the molecule is C[C@@H]1C[C@H]2CCCC[C@@H]2N1C(=O)CCc1nnc(-c2ccsc2)o1. The number of hydrogen-bond donors (Lipinski definition) is 0. The van der Waals surface area contributed by atoms with E-state index in [1.54, 1.807) is 11.3 Å². The standard InChI is InChI=1S/C18H23N3O2S/c1-12-10-13-4-2-3-5-15(13)21(12)17(22)7-6-16-19-20-18(23-16)14-8-9-24-11-14/h8-9,11-13,15H,2-7,10H2,1H3/t12-,13-,15+/m1/s1. The first-order chi connectivity index (χ1) is 11.7. The van der Waals surface area contributed by atoms with E-state index in [0.29, 0.717) is 42.6 Å². The minimum Gasteiger partial charge on any atom is -0.421 e. The lowest BCUT2D eigenvalue weighted by Gasteiger charge is -2.33. The number of carbonyl (C=O) groups excluding carboxylic acids is 1. The van der Waals surface area contributed by atoms with Crippen molar-refractivity contribution in [3.63, 3.8) is 0 Å². The van der Waals surface area contributed by atoms with Crippen molar-refractivity contribution in [3.05, 3.63) is 22.7 Å². The average Bonchev–Trinajstić information content (AvgIpc) is 3.31. The Kier molecular flexibility index (Phi) is 4.39. The zero-order valence-electron chi connectivity index (χ0n) is 14.0. The van der Waals surface area contributed by atoms with Crippen molar-refractivity contribution in [2.75, 3.05) is 0 Å². The van der Waals surface area contributed by atoms with Crippen LogP contribution in [0.1, 0.15) is 51.3 Å². The number of fused-ring (bicyclic) bond motifs is 1. The predicted molar refractivity (Wildman–Crippen MR) is 92.6 cm³/mol. The van der Waals surface area contributed by atoms with Gasteiger partial charge in [-0.25, -0.2) is 0 Å². The van der Waals surface area contributed by atoms with Crippen LogP contribution in [0.3, 0.4) is 0 Å². The number of nitrogens with zero attached hydrogens (tertiary/aromatic N) is 3. The summed E-state index contributed by atoms with van der Waals surface area (Å²) in [6, 6.07) is 2.79. The molecule has 6 heteroatoms. The Bertz CT molecular complexity index is 697.